The van der Waals surface area contributed by atoms with Gasteiger partial charge in [0.1, 0.15) is 5.69 Å². The molecule has 0 fully saturated rings. The van der Waals surface area contributed by atoms with Crippen molar-refractivity contribution in [2.75, 3.05) is 0 Å². The van der Waals surface area contributed by atoms with Crippen molar-refractivity contribution < 1.29 is 14.7 Å². The Bertz CT molecular complexity index is 1030. The number of aromatic nitrogens is 2. The van der Waals surface area contributed by atoms with Crippen LogP contribution in [0.4, 0.5) is 0 Å². The van der Waals surface area contributed by atoms with Crippen LogP contribution in [-0.2, 0) is 6.54 Å². The monoisotopic (exact) mass is 351 g/mol. The zero-order valence-electron chi connectivity index (χ0n) is 15.2. The molecule has 3 aromatic rings. The number of aromatic amines is 1. The zero-order valence-corrected chi connectivity index (χ0v) is 15.2. The van der Waals surface area contributed by atoms with Crippen LogP contribution in [0, 0.1) is 27.7 Å². The molecule has 0 atom stereocenters. The molecular weight excluding hydrogens is 330 g/mol. The van der Waals surface area contributed by atoms with Crippen molar-refractivity contribution in [2.24, 2.45) is 0 Å². The van der Waals surface area contributed by atoms with Gasteiger partial charge in [-0.1, -0.05) is 6.07 Å². The summed E-state index contributed by atoms with van der Waals surface area (Å²) >= 11 is 0. The number of carbonyl (C=O) groups is 2. The molecule has 0 unspecified atom stereocenters. The van der Waals surface area contributed by atoms with Gasteiger partial charge >= 0.3 is 5.97 Å². The van der Waals surface area contributed by atoms with Crippen molar-refractivity contribution in [1.29, 1.82) is 0 Å². The first kappa shape index (κ1) is 17.7. The number of carbonyl (C=O) groups excluding carboxylic acids is 1. The van der Waals surface area contributed by atoms with Crippen molar-refractivity contribution in [3.63, 3.8) is 0 Å². The second-order valence-electron chi connectivity index (χ2n) is 6.50. The Morgan fingerprint density at radius 3 is 2.50 bits per heavy atom. The van der Waals surface area contributed by atoms with Crippen LogP contribution in [-0.4, -0.2) is 27.0 Å². The fourth-order valence-corrected chi connectivity index (χ4v) is 3.13. The van der Waals surface area contributed by atoms with Crippen molar-refractivity contribution in [2.45, 2.75) is 34.2 Å². The van der Waals surface area contributed by atoms with E-state index in [0.717, 1.165) is 39.0 Å². The van der Waals surface area contributed by atoms with Crippen molar-refractivity contribution >= 4 is 22.8 Å². The standard InChI is InChI=1S/C20H21N3O3/c1-10-11(2)18(13(4)22-12(10)3)19(24)21-9-14-5-6-16-15(7-14)8-17(23-16)20(25)26/h5-8,23H,9H2,1-4H3,(H,21,24)(H,25,26). The van der Waals surface area contributed by atoms with Gasteiger partial charge in [-0.3, -0.25) is 9.78 Å². The Kier molecular flexibility index (Phi) is 4.50. The number of aryl methyl sites for hydroxylation is 2. The average molecular weight is 351 g/mol. The molecule has 1 amide bonds. The predicted molar refractivity (Wildman–Crippen MR) is 99.6 cm³/mol. The van der Waals surface area contributed by atoms with E-state index in [-0.39, 0.29) is 11.6 Å². The Hall–Kier alpha value is -3.15. The normalized spacial score (nSPS) is 10.9. The van der Waals surface area contributed by atoms with Crippen LogP contribution in [0.2, 0.25) is 0 Å². The van der Waals surface area contributed by atoms with Crippen LogP contribution in [0.25, 0.3) is 10.9 Å². The van der Waals surface area contributed by atoms with Crippen LogP contribution in [0.3, 0.4) is 0 Å². The zero-order chi connectivity index (χ0) is 19.0. The maximum Gasteiger partial charge on any atom is 0.352 e. The lowest BCUT2D eigenvalue weighted by atomic mass is 10.0. The second kappa shape index (κ2) is 6.63. The molecular formula is C20H21N3O3. The van der Waals surface area contributed by atoms with E-state index in [9.17, 15) is 9.59 Å². The predicted octanol–water partition coefficient (Wildman–Crippen LogP) is 3.42. The Morgan fingerprint density at radius 1 is 1.08 bits per heavy atom. The first-order chi connectivity index (χ1) is 12.3. The highest BCUT2D eigenvalue weighted by Crippen LogP contribution is 2.20. The van der Waals surface area contributed by atoms with Gasteiger partial charge in [0, 0.05) is 23.1 Å². The topological polar surface area (TPSA) is 95.1 Å². The van der Waals surface area contributed by atoms with E-state index in [1.807, 2.05) is 45.9 Å². The molecule has 0 aliphatic heterocycles. The van der Waals surface area contributed by atoms with Gasteiger partial charge in [-0.05, 0) is 62.6 Å². The number of rotatable bonds is 4. The molecule has 26 heavy (non-hydrogen) atoms. The molecule has 0 aliphatic rings. The summed E-state index contributed by atoms with van der Waals surface area (Å²) in [5.41, 5.74) is 6.03. The number of H-pyrrole nitrogens is 1. The Morgan fingerprint density at radius 2 is 1.81 bits per heavy atom. The molecule has 3 rings (SSSR count). The maximum atomic E-state index is 12.6. The first-order valence-electron chi connectivity index (χ1n) is 8.35. The lowest BCUT2D eigenvalue weighted by Gasteiger charge is -2.14. The molecule has 0 spiro atoms. The maximum absolute atomic E-state index is 12.6. The van der Waals surface area contributed by atoms with E-state index in [0.29, 0.717) is 12.1 Å². The molecule has 6 heteroatoms. The smallest absolute Gasteiger partial charge is 0.352 e. The number of hydrogen-bond acceptors (Lipinski definition) is 3. The van der Waals surface area contributed by atoms with Gasteiger partial charge in [-0.2, -0.15) is 0 Å². The highest BCUT2D eigenvalue weighted by molar-refractivity contribution is 5.97. The van der Waals surface area contributed by atoms with Gasteiger partial charge in [0.25, 0.3) is 5.91 Å². The van der Waals surface area contributed by atoms with Gasteiger partial charge in [0.2, 0.25) is 0 Å². The van der Waals surface area contributed by atoms with Crippen LogP contribution in [0.1, 0.15) is 48.9 Å². The molecule has 0 saturated heterocycles. The Labute approximate surface area is 151 Å². The highest BCUT2D eigenvalue weighted by Gasteiger charge is 2.16. The van der Waals surface area contributed by atoms with E-state index in [1.165, 1.54) is 0 Å². The lowest BCUT2D eigenvalue weighted by molar-refractivity contribution is 0.0691. The minimum atomic E-state index is -0.996. The third kappa shape index (κ3) is 3.18. The van der Waals surface area contributed by atoms with Gasteiger partial charge in [-0.25, -0.2) is 4.79 Å². The van der Waals surface area contributed by atoms with E-state index in [1.54, 1.807) is 6.07 Å². The van der Waals surface area contributed by atoms with Crippen LogP contribution in [0.15, 0.2) is 24.3 Å². The quantitative estimate of drug-likeness (QED) is 0.671. The summed E-state index contributed by atoms with van der Waals surface area (Å²) in [5, 5.41) is 12.8. The number of carboxylic acid groups (broad SMARTS) is 1. The first-order valence-corrected chi connectivity index (χ1v) is 8.35. The number of amides is 1. The fourth-order valence-electron chi connectivity index (χ4n) is 3.13. The number of fused-ring (bicyclic) bond motifs is 1. The number of hydrogen-bond donors (Lipinski definition) is 3. The molecule has 2 heterocycles. The number of carboxylic acids is 1. The highest BCUT2D eigenvalue weighted by atomic mass is 16.4. The molecule has 6 nitrogen and oxygen atoms in total. The largest absolute Gasteiger partial charge is 0.477 e. The molecule has 2 aromatic heterocycles. The average Bonchev–Trinajstić information content (AvgIpc) is 3.01. The van der Waals surface area contributed by atoms with Gasteiger partial charge < -0.3 is 15.4 Å². The summed E-state index contributed by atoms with van der Waals surface area (Å²) in [6, 6.07) is 7.14. The Balaban J connectivity index is 1.81. The van der Waals surface area contributed by atoms with Gasteiger partial charge in [0.15, 0.2) is 0 Å². The van der Waals surface area contributed by atoms with E-state index in [4.69, 9.17) is 5.11 Å². The molecule has 134 valence electrons. The van der Waals surface area contributed by atoms with E-state index < -0.39 is 5.97 Å². The number of pyridine rings is 1. The number of aromatic carboxylic acids is 1. The summed E-state index contributed by atoms with van der Waals surface area (Å²) in [7, 11) is 0. The lowest BCUT2D eigenvalue weighted by Crippen LogP contribution is -2.25. The molecule has 1 aromatic carbocycles. The van der Waals surface area contributed by atoms with E-state index >= 15 is 0 Å². The van der Waals surface area contributed by atoms with Crippen LogP contribution < -0.4 is 5.32 Å². The minimum absolute atomic E-state index is 0.147. The molecule has 0 radical (unpaired) electrons. The number of nitrogens with one attached hydrogen (secondary N) is 2. The number of nitrogens with zero attached hydrogens (tertiary/aromatic N) is 1. The number of benzene rings is 1. The van der Waals surface area contributed by atoms with Gasteiger partial charge in [0.05, 0.1) is 11.3 Å². The fraction of sp³-hybridized carbons (Fsp3) is 0.250. The SMILES string of the molecule is Cc1nc(C)c(C(=O)NCc2ccc3[nH]c(C(=O)O)cc3c2)c(C)c1C. The van der Waals surface area contributed by atoms with Crippen LogP contribution >= 0.6 is 0 Å². The summed E-state index contributed by atoms with van der Waals surface area (Å²) in [6.45, 7) is 8.04. The third-order valence-electron chi connectivity index (χ3n) is 4.77. The van der Waals surface area contributed by atoms with Crippen molar-refractivity contribution in [3.05, 3.63) is 63.6 Å². The molecule has 3 N–H and O–H groups in total. The summed E-state index contributed by atoms with van der Waals surface area (Å²) in [6.07, 6.45) is 0. The minimum Gasteiger partial charge on any atom is -0.477 e. The van der Waals surface area contributed by atoms with Crippen LogP contribution in [0.5, 0.6) is 0 Å². The molecule has 0 aliphatic carbocycles. The second-order valence-corrected chi connectivity index (χ2v) is 6.50. The third-order valence-corrected chi connectivity index (χ3v) is 4.77. The van der Waals surface area contributed by atoms with Gasteiger partial charge in [-0.15, -0.1) is 0 Å². The molecule has 0 bridgehead atoms. The summed E-state index contributed by atoms with van der Waals surface area (Å²) in [4.78, 5) is 31.0. The van der Waals surface area contributed by atoms with E-state index in [2.05, 4.69) is 15.3 Å². The molecule has 0 saturated carbocycles. The summed E-state index contributed by atoms with van der Waals surface area (Å²) < 4.78 is 0. The van der Waals surface area contributed by atoms with Crippen molar-refractivity contribution in [1.82, 2.24) is 15.3 Å². The van der Waals surface area contributed by atoms with Crippen molar-refractivity contribution in [3.8, 4) is 0 Å². The summed E-state index contributed by atoms with van der Waals surface area (Å²) in [5.74, 6) is -1.15.